The minimum atomic E-state index is 0.603. The lowest BCUT2D eigenvalue weighted by atomic mass is 9.99. The van der Waals surface area contributed by atoms with Gasteiger partial charge in [-0.05, 0) is 31.4 Å². The Bertz CT molecular complexity index is 572. The highest BCUT2D eigenvalue weighted by Gasteiger charge is 2.17. The van der Waals surface area contributed by atoms with Crippen LogP contribution >= 0.6 is 0 Å². The highest BCUT2D eigenvalue weighted by Crippen LogP contribution is 2.34. The molecule has 1 aromatic heterocycles. The number of ether oxygens (including phenoxy) is 1. The molecule has 0 aliphatic rings. The summed E-state index contributed by atoms with van der Waals surface area (Å²) in [6, 6.07) is 6.20. The molecule has 2 rings (SSSR count). The van der Waals surface area contributed by atoms with Gasteiger partial charge in [0.1, 0.15) is 5.76 Å². The van der Waals surface area contributed by atoms with E-state index >= 15 is 0 Å². The van der Waals surface area contributed by atoms with E-state index < -0.39 is 0 Å². The zero-order chi connectivity index (χ0) is 15.2. The van der Waals surface area contributed by atoms with Crippen molar-refractivity contribution in [1.29, 1.82) is 0 Å². The number of para-hydroxylation sites is 1. The standard InChI is InChI=1S/C18H27NO2/c1-5-10-20-16-9-7-8-14-15(11-13(3)4)17(12-19-6-2)21-18(14)16/h7-9,13,19H,5-6,10-12H2,1-4H3. The van der Waals surface area contributed by atoms with Crippen LogP contribution in [0.2, 0.25) is 0 Å². The normalized spacial score (nSPS) is 11.5. The van der Waals surface area contributed by atoms with Gasteiger partial charge in [-0.2, -0.15) is 0 Å². The lowest BCUT2D eigenvalue weighted by Crippen LogP contribution is -2.12. The molecule has 3 heteroatoms. The van der Waals surface area contributed by atoms with Crippen LogP contribution in [0.3, 0.4) is 0 Å². The van der Waals surface area contributed by atoms with Gasteiger partial charge < -0.3 is 14.5 Å². The van der Waals surface area contributed by atoms with E-state index in [1.807, 2.05) is 6.07 Å². The number of rotatable bonds is 8. The van der Waals surface area contributed by atoms with Gasteiger partial charge in [-0.15, -0.1) is 0 Å². The fourth-order valence-corrected chi connectivity index (χ4v) is 2.53. The molecule has 1 N–H and O–H groups in total. The van der Waals surface area contributed by atoms with E-state index in [1.54, 1.807) is 0 Å². The average molecular weight is 289 g/mol. The molecule has 0 radical (unpaired) electrons. The Labute approximate surface area is 127 Å². The summed E-state index contributed by atoms with van der Waals surface area (Å²) in [6.45, 7) is 11.2. The minimum Gasteiger partial charge on any atom is -0.490 e. The lowest BCUT2D eigenvalue weighted by Gasteiger charge is -2.06. The molecule has 0 spiro atoms. The first-order chi connectivity index (χ1) is 10.2. The topological polar surface area (TPSA) is 34.4 Å². The molecular formula is C18H27NO2. The van der Waals surface area contributed by atoms with E-state index in [2.05, 4.69) is 45.1 Å². The highest BCUT2D eigenvalue weighted by atomic mass is 16.5. The SMILES string of the molecule is CCCOc1cccc2c(CC(C)C)c(CNCC)oc12. The van der Waals surface area contributed by atoms with Gasteiger partial charge >= 0.3 is 0 Å². The van der Waals surface area contributed by atoms with Crippen LogP contribution in [0.25, 0.3) is 11.0 Å². The van der Waals surface area contributed by atoms with Gasteiger partial charge in [-0.1, -0.05) is 39.8 Å². The van der Waals surface area contributed by atoms with Crippen LogP contribution < -0.4 is 10.1 Å². The molecule has 0 atom stereocenters. The van der Waals surface area contributed by atoms with Crippen molar-refractivity contribution in [3.63, 3.8) is 0 Å². The van der Waals surface area contributed by atoms with Crippen molar-refractivity contribution in [2.75, 3.05) is 13.2 Å². The maximum absolute atomic E-state index is 6.14. The first-order valence-electron chi connectivity index (χ1n) is 8.04. The number of furan rings is 1. The molecule has 21 heavy (non-hydrogen) atoms. The molecule has 0 saturated carbocycles. The predicted molar refractivity (Wildman–Crippen MR) is 87.9 cm³/mol. The number of nitrogens with one attached hydrogen (secondary N) is 1. The molecule has 0 unspecified atom stereocenters. The Morgan fingerprint density at radius 3 is 2.71 bits per heavy atom. The Balaban J connectivity index is 2.44. The van der Waals surface area contributed by atoms with Crippen molar-refractivity contribution < 1.29 is 9.15 Å². The third-order valence-corrected chi connectivity index (χ3v) is 3.48. The highest BCUT2D eigenvalue weighted by molar-refractivity contribution is 5.87. The molecule has 1 heterocycles. The third-order valence-electron chi connectivity index (χ3n) is 3.48. The fourth-order valence-electron chi connectivity index (χ4n) is 2.53. The zero-order valence-electron chi connectivity index (χ0n) is 13.7. The molecular weight excluding hydrogens is 262 g/mol. The van der Waals surface area contributed by atoms with Crippen LogP contribution in [0.4, 0.5) is 0 Å². The summed E-state index contributed by atoms with van der Waals surface area (Å²) >= 11 is 0. The number of fused-ring (bicyclic) bond motifs is 1. The second-order valence-corrected chi connectivity index (χ2v) is 5.86. The number of benzene rings is 1. The second kappa shape index (κ2) is 7.51. The molecule has 0 fully saturated rings. The van der Waals surface area contributed by atoms with Gasteiger partial charge in [-0.25, -0.2) is 0 Å². The molecule has 0 aliphatic heterocycles. The van der Waals surface area contributed by atoms with Crippen molar-refractivity contribution in [1.82, 2.24) is 5.32 Å². The van der Waals surface area contributed by atoms with Gasteiger partial charge in [0.05, 0.1) is 13.2 Å². The summed E-state index contributed by atoms with van der Waals surface area (Å²) in [7, 11) is 0. The largest absolute Gasteiger partial charge is 0.490 e. The van der Waals surface area contributed by atoms with E-state index in [0.29, 0.717) is 5.92 Å². The second-order valence-electron chi connectivity index (χ2n) is 5.86. The quantitative estimate of drug-likeness (QED) is 0.775. The van der Waals surface area contributed by atoms with Gasteiger partial charge in [0.2, 0.25) is 0 Å². The van der Waals surface area contributed by atoms with Crippen LogP contribution in [0.15, 0.2) is 22.6 Å². The molecule has 0 saturated heterocycles. The Morgan fingerprint density at radius 1 is 1.24 bits per heavy atom. The number of hydrogen-bond acceptors (Lipinski definition) is 3. The third kappa shape index (κ3) is 3.79. The van der Waals surface area contributed by atoms with Crippen LogP contribution in [0, 0.1) is 5.92 Å². The fraction of sp³-hybridized carbons (Fsp3) is 0.556. The Kier molecular flexibility index (Phi) is 5.68. The molecule has 1 aromatic carbocycles. The van der Waals surface area contributed by atoms with E-state index in [-0.39, 0.29) is 0 Å². The van der Waals surface area contributed by atoms with Crippen molar-refractivity contribution in [2.45, 2.75) is 47.1 Å². The monoisotopic (exact) mass is 289 g/mol. The lowest BCUT2D eigenvalue weighted by molar-refractivity contribution is 0.315. The first-order valence-corrected chi connectivity index (χ1v) is 8.04. The summed E-state index contributed by atoms with van der Waals surface area (Å²) < 4.78 is 12.0. The van der Waals surface area contributed by atoms with Gasteiger partial charge in [0.15, 0.2) is 11.3 Å². The predicted octanol–water partition coefficient (Wildman–Crippen LogP) is 4.53. The summed E-state index contributed by atoms with van der Waals surface area (Å²) in [5, 5.41) is 4.57. The smallest absolute Gasteiger partial charge is 0.176 e. The van der Waals surface area contributed by atoms with Gasteiger partial charge in [0, 0.05) is 10.9 Å². The van der Waals surface area contributed by atoms with E-state index in [9.17, 15) is 0 Å². The van der Waals surface area contributed by atoms with Gasteiger partial charge in [-0.3, -0.25) is 0 Å². The first kappa shape index (κ1) is 15.9. The Morgan fingerprint density at radius 2 is 2.05 bits per heavy atom. The molecule has 0 amide bonds. The van der Waals surface area contributed by atoms with Crippen LogP contribution in [0.5, 0.6) is 5.75 Å². The van der Waals surface area contributed by atoms with E-state index in [4.69, 9.17) is 9.15 Å². The van der Waals surface area contributed by atoms with Crippen molar-refractivity contribution >= 4 is 11.0 Å². The van der Waals surface area contributed by atoms with Crippen LogP contribution in [0.1, 0.15) is 45.4 Å². The van der Waals surface area contributed by atoms with Crippen molar-refractivity contribution in [2.24, 2.45) is 5.92 Å². The maximum atomic E-state index is 6.14. The summed E-state index contributed by atoms with van der Waals surface area (Å²) in [5.74, 6) is 2.52. The van der Waals surface area contributed by atoms with Crippen LogP contribution in [-0.4, -0.2) is 13.2 Å². The Hall–Kier alpha value is -1.48. The average Bonchev–Trinajstić information content (AvgIpc) is 2.81. The minimum absolute atomic E-state index is 0.603. The molecule has 0 bridgehead atoms. The molecule has 116 valence electrons. The number of hydrogen-bond donors (Lipinski definition) is 1. The van der Waals surface area contributed by atoms with Gasteiger partial charge in [0.25, 0.3) is 0 Å². The maximum Gasteiger partial charge on any atom is 0.176 e. The summed E-state index contributed by atoms with van der Waals surface area (Å²) in [6.07, 6.45) is 2.03. The van der Waals surface area contributed by atoms with E-state index in [0.717, 1.165) is 49.6 Å². The molecule has 2 aromatic rings. The molecule has 3 nitrogen and oxygen atoms in total. The van der Waals surface area contributed by atoms with Crippen molar-refractivity contribution in [3.05, 3.63) is 29.5 Å². The summed E-state index contributed by atoms with van der Waals surface area (Å²) in [5.41, 5.74) is 2.22. The van der Waals surface area contributed by atoms with Crippen LogP contribution in [-0.2, 0) is 13.0 Å². The zero-order valence-corrected chi connectivity index (χ0v) is 13.7. The summed E-state index contributed by atoms with van der Waals surface area (Å²) in [4.78, 5) is 0. The molecule has 0 aliphatic carbocycles. The van der Waals surface area contributed by atoms with E-state index in [1.165, 1.54) is 10.9 Å². The van der Waals surface area contributed by atoms with Crippen molar-refractivity contribution in [3.8, 4) is 5.75 Å².